The first kappa shape index (κ1) is 11.4. The number of aromatic nitrogens is 3. The van der Waals surface area contributed by atoms with Gasteiger partial charge < -0.3 is 5.32 Å². The average molecular weight is 258 g/mol. The number of rotatable bonds is 4. The molecule has 92 valence electrons. The van der Waals surface area contributed by atoms with Gasteiger partial charge in [-0.2, -0.15) is 0 Å². The van der Waals surface area contributed by atoms with E-state index in [9.17, 15) is 0 Å². The van der Waals surface area contributed by atoms with Crippen molar-refractivity contribution in [3.05, 3.63) is 53.1 Å². The highest BCUT2D eigenvalue weighted by atomic mass is 32.1. The van der Waals surface area contributed by atoms with E-state index in [1.165, 1.54) is 5.69 Å². The molecule has 4 nitrogen and oxygen atoms in total. The Kier molecular flexibility index (Phi) is 3.08. The highest BCUT2D eigenvalue weighted by Crippen LogP contribution is 2.16. The summed E-state index contributed by atoms with van der Waals surface area (Å²) in [6.45, 7) is 3.63. The summed E-state index contributed by atoms with van der Waals surface area (Å²) in [6.07, 6.45) is 3.88. The van der Waals surface area contributed by atoms with Crippen LogP contribution in [0.1, 0.15) is 17.1 Å². The Balaban J connectivity index is 1.70. The molecular weight excluding hydrogens is 244 g/mol. The number of hydrogen-bond acceptors (Lipinski definition) is 4. The quantitative estimate of drug-likeness (QED) is 0.781. The minimum absolute atomic E-state index is 0.775. The van der Waals surface area contributed by atoms with Crippen molar-refractivity contribution in [3.8, 4) is 0 Å². The largest absolute Gasteiger partial charge is 0.305 e. The standard InChI is InChI=1S/C13H14N4S/c1-10-12(17-6-7-18-13(17)16-10)9-14-8-11-4-2-3-5-15-11/h2-7,14H,8-9H2,1H3. The Labute approximate surface area is 109 Å². The van der Waals surface area contributed by atoms with Crippen LogP contribution in [0.4, 0.5) is 0 Å². The van der Waals surface area contributed by atoms with Gasteiger partial charge in [0.2, 0.25) is 0 Å². The van der Waals surface area contributed by atoms with Crippen LogP contribution in [0.5, 0.6) is 0 Å². The average Bonchev–Trinajstić information content (AvgIpc) is 2.93. The van der Waals surface area contributed by atoms with Gasteiger partial charge in [0.1, 0.15) is 0 Å². The molecule has 0 spiro atoms. The van der Waals surface area contributed by atoms with E-state index in [1.54, 1.807) is 11.3 Å². The topological polar surface area (TPSA) is 42.2 Å². The second-order valence-corrected chi connectivity index (χ2v) is 5.00. The predicted molar refractivity (Wildman–Crippen MR) is 72.6 cm³/mol. The Hall–Kier alpha value is -1.72. The fourth-order valence-corrected chi connectivity index (χ4v) is 2.74. The Bertz CT molecular complexity index is 641. The Morgan fingerprint density at radius 2 is 2.28 bits per heavy atom. The van der Waals surface area contributed by atoms with Crippen LogP contribution in [0, 0.1) is 6.92 Å². The lowest BCUT2D eigenvalue weighted by Gasteiger charge is -2.04. The number of imidazole rings is 1. The van der Waals surface area contributed by atoms with Crippen molar-refractivity contribution >= 4 is 16.3 Å². The Morgan fingerprint density at radius 3 is 3.11 bits per heavy atom. The van der Waals surface area contributed by atoms with E-state index in [4.69, 9.17) is 0 Å². The van der Waals surface area contributed by atoms with Crippen LogP contribution in [-0.2, 0) is 13.1 Å². The van der Waals surface area contributed by atoms with E-state index in [0.717, 1.165) is 29.4 Å². The van der Waals surface area contributed by atoms with Gasteiger partial charge in [0.15, 0.2) is 4.96 Å². The summed E-state index contributed by atoms with van der Waals surface area (Å²) in [5.74, 6) is 0. The van der Waals surface area contributed by atoms with Crippen molar-refractivity contribution in [2.75, 3.05) is 0 Å². The SMILES string of the molecule is Cc1nc2sccn2c1CNCc1ccccn1. The van der Waals surface area contributed by atoms with Gasteiger partial charge in [-0.3, -0.25) is 9.38 Å². The molecule has 0 amide bonds. The summed E-state index contributed by atoms with van der Waals surface area (Å²) < 4.78 is 2.14. The smallest absolute Gasteiger partial charge is 0.194 e. The van der Waals surface area contributed by atoms with E-state index in [0.29, 0.717) is 0 Å². The third kappa shape index (κ3) is 2.14. The molecule has 0 saturated heterocycles. The first-order chi connectivity index (χ1) is 8.84. The number of aryl methyl sites for hydroxylation is 1. The fourth-order valence-electron chi connectivity index (χ4n) is 1.97. The first-order valence-corrected chi connectivity index (χ1v) is 6.74. The van der Waals surface area contributed by atoms with Crippen molar-refractivity contribution in [3.63, 3.8) is 0 Å². The molecule has 0 atom stereocenters. The van der Waals surface area contributed by atoms with Gasteiger partial charge in [-0.15, -0.1) is 11.3 Å². The molecular formula is C13H14N4S. The zero-order valence-corrected chi connectivity index (χ0v) is 10.9. The summed E-state index contributed by atoms with van der Waals surface area (Å²) in [5.41, 5.74) is 3.37. The fraction of sp³-hybridized carbons (Fsp3) is 0.231. The van der Waals surface area contributed by atoms with Gasteiger partial charge in [-0.05, 0) is 19.1 Å². The first-order valence-electron chi connectivity index (χ1n) is 5.86. The lowest BCUT2D eigenvalue weighted by atomic mass is 10.3. The Morgan fingerprint density at radius 1 is 1.33 bits per heavy atom. The summed E-state index contributed by atoms with van der Waals surface area (Å²) in [5, 5.41) is 5.47. The van der Waals surface area contributed by atoms with Crippen LogP contribution in [0.15, 0.2) is 36.0 Å². The molecule has 3 heterocycles. The van der Waals surface area contributed by atoms with Crippen molar-refractivity contribution in [2.24, 2.45) is 0 Å². The molecule has 0 radical (unpaired) electrons. The maximum Gasteiger partial charge on any atom is 0.194 e. The number of hydrogen-bond donors (Lipinski definition) is 1. The van der Waals surface area contributed by atoms with E-state index < -0.39 is 0 Å². The minimum atomic E-state index is 0.775. The van der Waals surface area contributed by atoms with E-state index in [2.05, 4.69) is 38.2 Å². The van der Waals surface area contributed by atoms with Crippen molar-refractivity contribution < 1.29 is 0 Å². The molecule has 1 N–H and O–H groups in total. The number of pyridine rings is 1. The molecule has 0 aliphatic rings. The van der Waals surface area contributed by atoms with Gasteiger partial charge in [-0.1, -0.05) is 6.07 Å². The minimum Gasteiger partial charge on any atom is -0.305 e. The second-order valence-electron chi connectivity index (χ2n) is 4.12. The van der Waals surface area contributed by atoms with Crippen LogP contribution in [0.2, 0.25) is 0 Å². The van der Waals surface area contributed by atoms with E-state index in [1.807, 2.05) is 24.4 Å². The maximum atomic E-state index is 4.52. The van der Waals surface area contributed by atoms with Crippen LogP contribution >= 0.6 is 11.3 Å². The maximum absolute atomic E-state index is 4.52. The zero-order valence-electron chi connectivity index (χ0n) is 10.1. The lowest BCUT2D eigenvalue weighted by molar-refractivity contribution is 0.661. The molecule has 18 heavy (non-hydrogen) atoms. The van der Waals surface area contributed by atoms with Gasteiger partial charge in [-0.25, -0.2) is 4.98 Å². The lowest BCUT2D eigenvalue weighted by Crippen LogP contribution is -2.15. The van der Waals surface area contributed by atoms with Gasteiger partial charge in [0.25, 0.3) is 0 Å². The summed E-state index contributed by atoms with van der Waals surface area (Å²) >= 11 is 1.66. The van der Waals surface area contributed by atoms with Crippen molar-refractivity contribution in [1.82, 2.24) is 19.7 Å². The third-order valence-electron chi connectivity index (χ3n) is 2.89. The number of nitrogens with one attached hydrogen (secondary N) is 1. The van der Waals surface area contributed by atoms with Crippen LogP contribution in [0.25, 0.3) is 4.96 Å². The predicted octanol–water partition coefficient (Wildman–Crippen LogP) is 2.39. The molecule has 0 aromatic carbocycles. The molecule has 3 aromatic heterocycles. The highest BCUT2D eigenvalue weighted by Gasteiger charge is 2.08. The van der Waals surface area contributed by atoms with Gasteiger partial charge >= 0.3 is 0 Å². The number of nitrogens with zero attached hydrogens (tertiary/aromatic N) is 3. The van der Waals surface area contributed by atoms with Crippen molar-refractivity contribution in [2.45, 2.75) is 20.0 Å². The molecule has 0 aliphatic carbocycles. The van der Waals surface area contributed by atoms with Crippen molar-refractivity contribution in [1.29, 1.82) is 0 Å². The number of fused-ring (bicyclic) bond motifs is 1. The molecule has 0 aliphatic heterocycles. The molecule has 0 fully saturated rings. The third-order valence-corrected chi connectivity index (χ3v) is 3.64. The highest BCUT2D eigenvalue weighted by molar-refractivity contribution is 7.15. The molecule has 0 saturated carbocycles. The van der Waals surface area contributed by atoms with Gasteiger partial charge in [0, 0.05) is 30.9 Å². The van der Waals surface area contributed by atoms with Gasteiger partial charge in [0.05, 0.1) is 17.1 Å². The van der Waals surface area contributed by atoms with E-state index in [-0.39, 0.29) is 0 Å². The molecule has 0 unspecified atom stereocenters. The molecule has 3 rings (SSSR count). The molecule has 0 bridgehead atoms. The monoisotopic (exact) mass is 258 g/mol. The second kappa shape index (κ2) is 4.88. The summed E-state index contributed by atoms with van der Waals surface area (Å²) in [4.78, 5) is 9.87. The van der Waals surface area contributed by atoms with Crippen LogP contribution < -0.4 is 5.32 Å². The molecule has 5 heteroatoms. The summed E-state index contributed by atoms with van der Waals surface area (Å²) in [6, 6.07) is 5.96. The number of thiazole rings is 1. The van der Waals surface area contributed by atoms with Crippen LogP contribution in [-0.4, -0.2) is 14.4 Å². The normalized spacial score (nSPS) is 11.2. The zero-order chi connectivity index (χ0) is 12.4. The van der Waals surface area contributed by atoms with Crippen LogP contribution in [0.3, 0.4) is 0 Å². The summed E-state index contributed by atoms with van der Waals surface area (Å²) in [7, 11) is 0. The van der Waals surface area contributed by atoms with E-state index >= 15 is 0 Å². The molecule has 3 aromatic rings.